The van der Waals surface area contributed by atoms with Gasteiger partial charge in [0.25, 0.3) is 0 Å². The molecule has 168 valence electrons. The quantitative estimate of drug-likeness (QED) is 0.115. The maximum absolute atomic E-state index is 11.8. The van der Waals surface area contributed by atoms with Crippen LogP contribution in [0.1, 0.15) is 123 Å². The summed E-state index contributed by atoms with van der Waals surface area (Å²) in [6, 6.07) is 0. The smallest absolute Gasteiger partial charge is 0.305 e. The van der Waals surface area contributed by atoms with Crippen molar-refractivity contribution in [3.63, 3.8) is 0 Å². The second-order valence-electron chi connectivity index (χ2n) is 9.30. The molecule has 0 bridgehead atoms. The Balaban J connectivity index is 3.39. The molecule has 0 N–H and O–H groups in total. The minimum atomic E-state index is 0.00387. The van der Waals surface area contributed by atoms with Crippen molar-refractivity contribution in [3.05, 3.63) is 0 Å². The highest BCUT2D eigenvalue weighted by Crippen LogP contribution is 2.12. The van der Waals surface area contributed by atoms with Crippen LogP contribution in [-0.2, 0) is 9.53 Å². The van der Waals surface area contributed by atoms with Crippen LogP contribution in [0.2, 0.25) is 0 Å². The molecule has 0 aliphatic heterocycles. The molecule has 0 saturated heterocycles. The second-order valence-corrected chi connectivity index (χ2v) is 9.30. The first kappa shape index (κ1) is 27.4. The van der Waals surface area contributed by atoms with Gasteiger partial charge in [-0.3, -0.25) is 4.79 Å². The lowest BCUT2D eigenvalue weighted by Gasteiger charge is -2.29. The fourth-order valence-electron chi connectivity index (χ4n) is 3.76. The number of quaternary nitrogens is 1. The van der Waals surface area contributed by atoms with Crippen molar-refractivity contribution in [2.45, 2.75) is 123 Å². The van der Waals surface area contributed by atoms with Crippen LogP contribution in [0.25, 0.3) is 0 Å². The van der Waals surface area contributed by atoms with E-state index in [1.54, 1.807) is 0 Å². The van der Waals surface area contributed by atoms with Gasteiger partial charge in [0.2, 0.25) is 0 Å². The van der Waals surface area contributed by atoms with E-state index in [2.05, 4.69) is 27.9 Å². The third kappa shape index (κ3) is 20.2. The lowest BCUT2D eigenvalue weighted by molar-refractivity contribution is -0.890. The lowest BCUT2D eigenvalue weighted by Crippen LogP contribution is -2.41. The topological polar surface area (TPSA) is 26.3 Å². The van der Waals surface area contributed by atoms with E-state index in [4.69, 9.17) is 4.74 Å². The number of carbonyl (C=O) groups is 1. The lowest BCUT2D eigenvalue weighted by atomic mass is 10.1. The number of nitrogens with zero attached hydrogens (tertiary/aromatic N) is 1. The molecule has 0 spiro atoms. The van der Waals surface area contributed by atoms with Gasteiger partial charge in [0.05, 0.1) is 33.8 Å². The fraction of sp³-hybridized carbons (Fsp3) is 0.960. The molecule has 28 heavy (non-hydrogen) atoms. The average molecular weight is 399 g/mol. The van der Waals surface area contributed by atoms with E-state index in [1.807, 2.05) is 0 Å². The molecule has 0 rings (SSSR count). The molecular weight excluding hydrogens is 346 g/mol. The molecule has 0 amide bonds. The van der Waals surface area contributed by atoms with E-state index < -0.39 is 0 Å². The Kier molecular flexibility index (Phi) is 19.3. The summed E-state index contributed by atoms with van der Waals surface area (Å²) in [6.45, 7) is 7.44. The van der Waals surface area contributed by atoms with Crippen molar-refractivity contribution in [2.24, 2.45) is 0 Å². The maximum Gasteiger partial charge on any atom is 0.305 e. The Morgan fingerprint density at radius 2 is 1.04 bits per heavy atom. The largest absolute Gasteiger partial charge is 0.465 e. The third-order valence-electron chi connectivity index (χ3n) is 5.77. The Morgan fingerprint density at radius 3 is 1.57 bits per heavy atom. The van der Waals surface area contributed by atoms with Crippen molar-refractivity contribution < 1.29 is 14.0 Å². The normalized spacial score (nSPS) is 11.7. The van der Waals surface area contributed by atoms with Gasteiger partial charge >= 0.3 is 5.97 Å². The molecule has 0 radical (unpaired) electrons. The highest BCUT2D eigenvalue weighted by atomic mass is 16.5. The van der Waals surface area contributed by atoms with Crippen LogP contribution in [0.3, 0.4) is 0 Å². The van der Waals surface area contributed by atoms with E-state index in [0.717, 1.165) is 23.9 Å². The Hall–Kier alpha value is -0.570. The number of carbonyl (C=O) groups excluding carboxylic acids is 1. The molecular formula is C25H52NO2+. The van der Waals surface area contributed by atoms with Crippen LogP contribution >= 0.6 is 0 Å². The van der Waals surface area contributed by atoms with Crippen LogP contribution < -0.4 is 0 Å². The van der Waals surface area contributed by atoms with Gasteiger partial charge in [0.15, 0.2) is 0 Å². The molecule has 0 aromatic carbocycles. The standard InChI is InChI=1S/C25H52NO2/c1-5-7-9-11-12-13-14-15-16-17-18-21-25(27)28-24-20-23-26(3,4)22-19-10-8-6-2/h5-24H2,1-4H3/q+1. The zero-order valence-electron chi connectivity index (χ0n) is 19.9. The van der Waals surface area contributed by atoms with Gasteiger partial charge < -0.3 is 9.22 Å². The molecule has 0 fully saturated rings. The van der Waals surface area contributed by atoms with Crippen LogP contribution in [0, 0.1) is 0 Å². The van der Waals surface area contributed by atoms with E-state index in [1.165, 1.54) is 96.4 Å². The van der Waals surface area contributed by atoms with E-state index >= 15 is 0 Å². The zero-order valence-corrected chi connectivity index (χ0v) is 19.9. The molecule has 0 aliphatic carbocycles. The van der Waals surface area contributed by atoms with Crippen LogP contribution in [0.5, 0.6) is 0 Å². The van der Waals surface area contributed by atoms with Gasteiger partial charge in [-0.05, 0) is 19.3 Å². The van der Waals surface area contributed by atoms with Crippen molar-refractivity contribution in [3.8, 4) is 0 Å². The SMILES string of the molecule is CCCCCCCCCCCCCC(=O)OCCC[N+](C)(C)CCCCCC. The predicted molar refractivity (Wildman–Crippen MR) is 123 cm³/mol. The highest BCUT2D eigenvalue weighted by molar-refractivity contribution is 5.69. The van der Waals surface area contributed by atoms with Crippen LogP contribution in [-0.4, -0.2) is 44.2 Å². The Morgan fingerprint density at radius 1 is 0.607 bits per heavy atom. The minimum Gasteiger partial charge on any atom is -0.465 e. The number of ether oxygens (including phenoxy) is 1. The molecule has 0 unspecified atom stereocenters. The monoisotopic (exact) mass is 398 g/mol. The first-order chi connectivity index (χ1) is 13.5. The second kappa shape index (κ2) is 19.7. The molecule has 0 heterocycles. The van der Waals surface area contributed by atoms with E-state index in [-0.39, 0.29) is 5.97 Å². The number of hydrogen-bond acceptors (Lipinski definition) is 2. The predicted octanol–water partition coefficient (Wildman–Crippen LogP) is 7.28. The van der Waals surface area contributed by atoms with Gasteiger partial charge in [-0.2, -0.15) is 0 Å². The van der Waals surface area contributed by atoms with Crippen LogP contribution in [0.4, 0.5) is 0 Å². The first-order valence-electron chi connectivity index (χ1n) is 12.5. The first-order valence-corrected chi connectivity index (χ1v) is 12.5. The number of esters is 1. The molecule has 0 atom stereocenters. The third-order valence-corrected chi connectivity index (χ3v) is 5.77. The Labute approximate surface area is 177 Å². The highest BCUT2D eigenvalue weighted by Gasteiger charge is 2.14. The summed E-state index contributed by atoms with van der Waals surface area (Å²) in [7, 11) is 4.58. The summed E-state index contributed by atoms with van der Waals surface area (Å²) in [4.78, 5) is 11.8. The van der Waals surface area contributed by atoms with Gasteiger partial charge in [-0.1, -0.05) is 90.9 Å². The average Bonchev–Trinajstić information content (AvgIpc) is 2.67. The Bertz CT molecular complexity index is 341. The van der Waals surface area contributed by atoms with Gasteiger partial charge in [0, 0.05) is 12.8 Å². The summed E-state index contributed by atoms with van der Waals surface area (Å²) in [5.41, 5.74) is 0. The molecule has 3 nitrogen and oxygen atoms in total. The van der Waals surface area contributed by atoms with Crippen molar-refractivity contribution >= 4 is 5.97 Å². The number of hydrogen-bond donors (Lipinski definition) is 0. The maximum atomic E-state index is 11.8. The summed E-state index contributed by atoms with van der Waals surface area (Å²) in [5.74, 6) is 0.00387. The fourth-order valence-corrected chi connectivity index (χ4v) is 3.76. The molecule has 0 aromatic rings. The van der Waals surface area contributed by atoms with Gasteiger partial charge in [-0.15, -0.1) is 0 Å². The molecule has 3 heteroatoms. The summed E-state index contributed by atoms with van der Waals surface area (Å²) < 4.78 is 6.46. The van der Waals surface area contributed by atoms with Gasteiger partial charge in [-0.25, -0.2) is 0 Å². The molecule has 0 saturated carbocycles. The molecule has 0 aromatic heterocycles. The summed E-state index contributed by atoms with van der Waals surface area (Å²) >= 11 is 0. The van der Waals surface area contributed by atoms with Gasteiger partial charge in [0.1, 0.15) is 0 Å². The zero-order chi connectivity index (χ0) is 20.9. The number of rotatable bonds is 21. The van der Waals surface area contributed by atoms with Crippen LogP contribution in [0.15, 0.2) is 0 Å². The summed E-state index contributed by atoms with van der Waals surface area (Å²) in [6.07, 6.45) is 21.3. The van der Waals surface area contributed by atoms with Crippen molar-refractivity contribution in [2.75, 3.05) is 33.8 Å². The van der Waals surface area contributed by atoms with E-state index in [0.29, 0.717) is 13.0 Å². The minimum absolute atomic E-state index is 0.00387. The van der Waals surface area contributed by atoms with Crippen molar-refractivity contribution in [1.82, 2.24) is 0 Å². The summed E-state index contributed by atoms with van der Waals surface area (Å²) in [5, 5.41) is 0. The van der Waals surface area contributed by atoms with E-state index in [9.17, 15) is 4.79 Å². The molecule has 0 aliphatic rings. The number of unbranched alkanes of at least 4 members (excludes halogenated alkanes) is 13. The van der Waals surface area contributed by atoms with Crippen molar-refractivity contribution in [1.29, 1.82) is 0 Å².